The van der Waals surface area contributed by atoms with Gasteiger partial charge in [0.05, 0.1) is 6.42 Å². The molecule has 1 saturated heterocycles. The largest absolute Gasteiger partial charge is 0.339 e. The van der Waals surface area contributed by atoms with E-state index in [4.69, 9.17) is 11.6 Å². The highest BCUT2D eigenvalue weighted by atomic mass is 35.5. The van der Waals surface area contributed by atoms with Gasteiger partial charge in [-0.15, -0.1) is 0 Å². The van der Waals surface area contributed by atoms with Crippen LogP contribution in [0.1, 0.15) is 11.1 Å². The van der Waals surface area contributed by atoms with Crippen molar-refractivity contribution in [2.75, 3.05) is 26.2 Å². The average molecular weight is 387 g/mol. The lowest BCUT2D eigenvalue weighted by atomic mass is 10.1. The third-order valence-corrected chi connectivity index (χ3v) is 4.73. The summed E-state index contributed by atoms with van der Waals surface area (Å²) < 4.78 is 13.2. The van der Waals surface area contributed by atoms with Gasteiger partial charge in [-0.25, -0.2) is 4.39 Å². The van der Waals surface area contributed by atoms with Gasteiger partial charge in [0.2, 0.25) is 11.8 Å². The minimum Gasteiger partial charge on any atom is -0.339 e. The fraction of sp³-hybridized carbons (Fsp3) is 0.238. The lowest BCUT2D eigenvalue weighted by Crippen LogP contribution is -2.50. The minimum absolute atomic E-state index is 0.0414. The first kappa shape index (κ1) is 19.1. The van der Waals surface area contributed by atoms with Crippen LogP contribution in [0.25, 0.3) is 6.08 Å². The van der Waals surface area contributed by atoms with Crippen molar-refractivity contribution < 1.29 is 14.0 Å². The summed E-state index contributed by atoms with van der Waals surface area (Å²) in [6.07, 6.45) is 3.37. The molecule has 1 heterocycles. The third kappa shape index (κ3) is 5.41. The number of hydrogen-bond acceptors (Lipinski definition) is 2. The molecule has 1 fully saturated rings. The zero-order valence-electron chi connectivity index (χ0n) is 14.8. The van der Waals surface area contributed by atoms with Crippen LogP contribution in [0.4, 0.5) is 4.39 Å². The molecule has 0 spiro atoms. The molecule has 0 saturated carbocycles. The van der Waals surface area contributed by atoms with Crippen molar-refractivity contribution in [1.82, 2.24) is 9.80 Å². The molecule has 4 nitrogen and oxygen atoms in total. The first-order chi connectivity index (χ1) is 13.0. The summed E-state index contributed by atoms with van der Waals surface area (Å²) in [5.41, 5.74) is 1.56. The first-order valence-corrected chi connectivity index (χ1v) is 9.14. The molecule has 2 amide bonds. The molecule has 2 aromatic carbocycles. The summed E-state index contributed by atoms with van der Waals surface area (Å²) in [4.78, 5) is 28.2. The molecule has 2 aromatic rings. The van der Waals surface area contributed by atoms with Gasteiger partial charge in [0, 0.05) is 37.3 Å². The molecule has 0 N–H and O–H groups in total. The zero-order valence-corrected chi connectivity index (χ0v) is 15.5. The summed E-state index contributed by atoms with van der Waals surface area (Å²) in [7, 11) is 0. The van der Waals surface area contributed by atoms with E-state index in [9.17, 15) is 14.0 Å². The summed E-state index contributed by atoms with van der Waals surface area (Å²) in [6, 6.07) is 13.3. The Bertz CT molecular complexity index is 844. The molecule has 3 rings (SSSR count). The van der Waals surface area contributed by atoms with Crippen LogP contribution in [0.5, 0.6) is 0 Å². The number of nitrogens with zero attached hydrogens (tertiary/aromatic N) is 2. The molecule has 0 radical (unpaired) electrons. The first-order valence-electron chi connectivity index (χ1n) is 8.76. The van der Waals surface area contributed by atoms with Gasteiger partial charge in [-0.3, -0.25) is 9.59 Å². The topological polar surface area (TPSA) is 40.6 Å². The van der Waals surface area contributed by atoms with Crippen LogP contribution in [0, 0.1) is 5.82 Å². The van der Waals surface area contributed by atoms with E-state index in [1.807, 2.05) is 12.1 Å². The Morgan fingerprint density at radius 2 is 1.67 bits per heavy atom. The Morgan fingerprint density at radius 1 is 1.00 bits per heavy atom. The molecule has 1 aliphatic rings. The van der Waals surface area contributed by atoms with E-state index >= 15 is 0 Å². The van der Waals surface area contributed by atoms with Gasteiger partial charge >= 0.3 is 0 Å². The second kappa shape index (κ2) is 8.82. The number of carbonyl (C=O) groups excluding carboxylic acids is 2. The minimum atomic E-state index is -0.336. The maximum Gasteiger partial charge on any atom is 0.246 e. The highest BCUT2D eigenvalue weighted by Crippen LogP contribution is 2.12. The van der Waals surface area contributed by atoms with E-state index in [0.29, 0.717) is 43.2 Å². The van der Waals surface area contributed by atoms with Crippen LogP contribution in [0.15, 0.2) is 54.6 Å². The lowest BCUT2D eigenvalue weighted by molar-refractivity contribution is -0.136. The molecule has 6 heteroatoms. The van der Waals surface area contributed by atoms with E-state index in [-0.39, 0.29) is 17.6 Å². The molecular weight excluding hydrogens is 367 g/mol. The van der Waals surface area contributed by atoms with E-state index in [1.54, 1.807) is 40.1 Å². The van der Waals surface area contributed by atoms with Crippen molar-refractivity contribution in [3.05, 3.63) is 76.6 Å². The van der Waals surface area contributed by atoms with Crippen molar-refractivity contribution in [3.63, 3.8) is 0 Å². The van der Waals surface area contributed by atoms with Crippen molar-refractivity contribution >= 4 is 29.5 Å². The number of amides is 2. The number of piperazine rings is 1. The highest BCUT2D eigenvalue weighted by Gasteiger charge is 2.23. The Labute approximate surface area is 162 Å². The number of carbonyl (C=O) groups is 2. The molecule has 0 aromatic heterocycles. The predicted octanol–water partition coefficient (Wildman–Crippen LogP) is 3.41. The molecule has 0 atom stereocenters. The Hall–Kier alpha value is -2.66. The molecule has 0 aliphatic carbocycles. The molecule has 27 heavy (non-hydrogen) atoms. The summed E-state index contributed by atoms with van der Waals surface area (Å²) in [5, 5.41) is 0.643. The quantitative estimate of drug-likeness (QED) is 0.755. The van der Waals surface area contributed by atoms with E-state index in [0.717, 1.165) is 5.56 Å². The number of halogens is 2. The lowest BCUT2D eigenvalue weighted by Gasteiger charge is -2.34. The van der Waals surface area contributed by atoms with Gasteiger partial charge in [0.1, 0.15) is 5.82 Å². The van der Waals surface area contributed by atoms with Gasteiger partial charge in [-0.05, 0) is 41.5 Å². The molecular formula is C21H20ClFN2O2. The SMILES string of the molecule is O=C(/C=C/c1cccc(F)c1)N1CCN(C(=O)Cc2ccc(Cl)cc2)CC1. The van der Waals surface area contributed by atoms with Crippen LogP contribution < -0.4 is 0 Å². The van der Waals surface area contributed by atoms with E-state index < -0.39 is 0 Å². The highest BCUT2D eigenvalue weighted by molar-refractivity contribution is 6.30. The fourth-order valence-corrected chi connectivity index (χ4v) is 3.07. The van der Waals surface area contributed by atoms with Crippen LogP contribution in [-0.2, 0) is 16.0 Å². The molecule has 0 bridgehead atoms. The van der Waals surface area contributed by atoms with Crippen molar-refractivity contribution in [1.29, 1.82) is 0 Å². The molecule has 0 unspecified atom stereocenters. The Morgan fingerprint density at radius 3 is 2.33 bits per heavy atom. The third-order valence-electron chi connectivity index (χ3n) is 4.48. The summed E-state index contributed by atoms with van der Waals surface area (Å²) >= 11 is 5.86. The van der Waals surface area contributed by atoms with Crippen LogP contribution in [-0.4, -0.2) is 47.8 Å². The fourth-order valence-electron chi connectivity index (χ4n) is 2.95. The second-order valence-electron chi connectivity index (χ2n) is 6.40. The van der Waals surface area contributed by atoms with Gasteiger partial charge in [-0.2, -0.15) is 0 Å². The van der Waals surface area contributed by atoms with Gasteiger partial charge < -0.3 is 9.80 Å². The summed E-state index contributed by atoms with van der Waals surface area (Å²) in [5.74, 6) is -0.429. The normalized spacial score (nSPS) is 14.6. The maximum absolute atomic E-state index is 13.2. The zero-order chi connectivity index (χ0) is 19.2. The smallest absolute Gasteiger partial charge is 0.246 e. The number of hydrogen-bond donors (Lipinski definition) is 0. The maximum atomic E-state index is 13.2. The number of rotatable bonds is 4. The summed E-state index contributed by atoms with van der Waals surface area (Å²) in [6.45, 7) is 1.98. The van der Waals surface area contributed by atoms with Crippen LogP contribution >= 0.6 is 11.6 Å². The average Bonchev–Trinajstić information content (AvgIpc) is 2.68. The van der Waals surface area contributed by atoms with Crippen LogP contribution in [0.3, 0.4) is 0 Å². The van der Waals surface area contributed by atoms with Gasteiger partial charge in [0.15, 0.2) is 0 Å². The Kier molecular flexibility index (Phi) is 6.24. The Balaban J connectivity index is 1.49. The molecule has 140 valence electrons. The van der Waals surface area contributed by atoms with Crippen molar-refractivity contribution in [3.8, 4) is 0 Å². The van der Waals surface area contributed by atoms with E-state index in [1.165, 1.54) is 18.2 Å². The van der Waals surface area contributed by atoms with Crippen molar-refractivity contribution in [2.45, 2.75) is 6.42 Å². The standard InChI is InChI=1S/C21H20ClFN2O2/c22-18-7-4-17(5-8-18)15-21(27)25-12-10-24(11-13-25)20(26)9-6-16-2-1-3-19(23)14-16/h1-9,14H,10-13,15H2/b9-6+. The van der Waals surface area contributed by atoms with Crippen molar-refractivity contribution in [2.24, 2.45) is 0 Å². The van der Waals surface area contributed by atoms with Crippen LogP contribution in [0.2, 0.25) is 5.02 Å². The second-order valence-corrected chi connectivity index (χ2v) is 6.83. The molecule has 1 aliphatic heterocycles. The monoisotopic (exact) mass is 386 g/mol. The van der Waals surface area contributed by atoms with Gasteiger partial charge in [0.25, 0.3) is 0 Å². The number of benzene rings is 2. The van der Waals surface area contributed by atoms with E-state index in [2.05, 4.69) is 0 Å². The predicted molar refractivity (Wildman–Crippen MR) is 104 cm³/mol. The van der Waals surface area contributed by atoms with Gasteiger partial charge in [-0.1, -0.05) is 35.9 Å².